The van der Waals surface area contributed by atoms with Crippen LogP contribution in [0.4, 0.5) is 0 Å². The van der Waals surface area contributed by atoms with Crippen molar-refractivity contribution in [3.63, 3.8) is 0 Å². The van der Waals surface area contributed by atoms with Crippen molar-refractivity contribution in [3.8, 4) is 0 Å². The van der Waals surface area contributed by atoms with Gasteiger partial charge in [0.25, 0.3) is 0 Å². The Balaban J connectivity index is 2.14. The minimum absolute atomic E-state index is 1.22. The summed E-state index contributed by atoms with van der Waals surface area (Å²) in [6, 6.07) is 0. The highest BCUT2D eigenvalue weighted by molar-refractivity contribution is 5.17. The smallest absolute Gasteiger partial charge is 0.0348 e. The molecule has 0 amide bonds. The van der Waals surface area contributed by atoms with Crippen LogP contribution in [0, 0.1) is 0 Å². The normalized spacial score (nSPS) is 22.0. The molecule has 0 saturated carbocycles. The van der Waals surface area contributed by atoms with Gasteiger partial charge in [0.2, 0.25) is 0 Å². The summed E-state index contributed by atoms with van der Waals surface area (Å²) in [6.07, 6.45) is 65.0. The van der Waals surface area contributed by atoms with Crippen molar-refractivity contribution in [2.75, 3.05) is 0 Å². The lowest BCUT2D eigenvalue weighted by atomic mass is 10.0. The predicted octanol–water partition coefficient (Wildman–Crippen LogP) is 14.5. The Morgan fingerprint density at radius 3 is 0.500 bits per heavy atom. The van der Waals surface area contributed by atoms with E-state index >= 15 is 0 Å². The molecule has 0 spiro atoms. The van der Waals surface area contributed by atoms with E-state index < -0.39 is 0 Å². The fraction of sp³-hybridized carbons (Fsp3) is 0.750. The first-order valence-corrected chi connectivity index (χ1v) is 18.3. The van der Waals surface area contributed by atoms with Gasteiger partial charge in [-0.25, -0.2) is 0 Å². The van der Waals surface area contributed by atoms with Crippen LogP contribution in [0.3, 0.4) is 0 Å². The van der Waals surface area contributed by atoms with Gasteiger partial charge in [-0.3, -0.25) is 0 Å². The van der Waals surface area contributed by atoms with Crippen molar-refractivity contribution >= 4 is 0 Å². The Bertz CT molecular complexity index is 562. The fourth-order valence-corrected chi connectivity index (χ4v) is 5.86. The highest BCUT2D eigenvalue weighted by atomic mass is 14.0. The van der Waals surface area contributed by atoms with Crippen LogP contribution in [0.15, 0.2) is 60.8 Å². The molecule has 0 aromatic heterocycles. The third-order valence-corrected chi connectivity index (χ3v) is 8.54. The average Bonchev–Trinajstić information content (AvgIpc) is 2.97. The van der Waals surface area contributed by atoms with Gasteiger partial charge >= 0.3 is 0 Å². The second-order valence-electron chi connectivity index (χ2n) is 12.5. The molecule has 0 saturated heterocycles. The molecule has 40 heavy (non-hydrogen) atoms. The molecule has 0 nitrogen and oxygen atoms in total. The van der Waals surface area contributed by atoms with Gasteiger partial charge in [0.15, 0.2) is 0 Å². The highest BCUT2D eigenvalue weighted by Crippen LogP contribution is 2.16. The van der Waals surface area contributed by atoms with E-state index in [4.69, 9.17) is 0 Å². The zero-order chi connectivity index (χ0) is 28.3. The molecule has 0 atom stereocenters. The second kappa shape index (κ2) is 33.9. The van der Waals surface area contributed by atoms with Gasteiger partial charge in [-0.2, -0.15) is 0 Å². The van der Waals surface area contributed by atoms with Crippen LogP contribution in [0.1, 0.15) is 193 Å². The van der Waals surface area contributed by atoms with Crippen molar-refractivity contribution in [1.82, 2.24) is 0 Å². The average molecular weight is 551 g/mol. The minimum Gasteiger partial charge on any atom is -0.0845 e. The van der Waals surface area contributed by atoms with Gasteiger partial charge in [0, 0.05) is 0 Å². The first-order valence-electron chi connectivity index (χ1n) is 18.3. The standard InChI is InChI=1S/C40H70/c1-2-4-6-8-10-12-14-16-18-20-22-24-26-28-30-32-34-36-38-40-39-37-35-33-31-29-27-25-23-21-19-17-15-13-11-9-7-5-3-1/h1-10H,11-40H2. The molecule has 0 fully saturated rings. The van der Waals surface area contributed by atoms with Crippen LogP contribution in [0.2, 0.25) is 0 Å². The molecule has 0 unspecified atom stereocenters. The lowest BCUT2D eigenvalue weighted by Crippen LogP contribution is -1.85. The summed E-state index contributed by atoms with van der Waals surface area (Å²) < 4.78 is 0. The SMILES string of the molecule is C1=CC=CC=CCCCCCCCCCCCCCCCCCCCCCCCCCCCCCCC=CC=C1. The molecule has 1 aliphatic rings. The Kier molecular flexibility index (Phi) is 31.1. The molecule has 0 radical (unpaired) electrons. The molecule has 0 aliphatic heterocycles. The third-order valence-electron chi connectivity index (χ3n) is 8.54. The Morgan fingerprint density at radius 1 is 0.150 bits per heavy atom. The monoisotopic (exact) mass is 551 g/mol. The van der Waals surface area contributed by atoms with Crippen molar-refractivity contribution in [2.24, 2.45) is 0 Å². The van der Waals surface area contributed by atoms with E-state index in [1.165, 1.54) is 193 Å². The lowest BCUT2D eigenvalue weighted by Gasteiger charge is -2.04. The van der Waals surface area contributed by atoms with Gasteiger partial charge in [-0.05, 0) is 25.7 Å². The fourth-order valence-electron chi connectivity index (χ4n) is 5.86. The van der Waals surface area contributed by atoms with Crippen molar-refractivity contribution in [2.45, 2.75) is 193 Å². The molecule has 230 valence electrons. The Labute approximate surface area is 253 Å². The van der Waals surface area contributed by atoms with Crippen LogP contribution in [-0.4, -0.2) is 0 Å². The summed E-state index contributed by atoms with van der Waals surface area (Å²) in [6.45, 7) is 0. The molecule has 1 aliphatic carbocycles. The first-order chi connectivity index (χ1) is 20.0. The highest BCUT2D eigenvalue weighted by Gasteiger charge is 1.97. The first kappa shape index (κ1) is 36.7. The predicted molar refractivity (Wildman–Crippen MR) is 184 cm³/mol. The van der Waals surface area contributed by atoms with Crippen LogP contribution in [0.5, 0.6) is 0 Å². The number of hydrogen-bond donors (Lipinski definition) is 0. The molecular weight excluding hydrogens is 480 g/mol. The van der Waals surface area contributed by atoms with Crippen LogP contribution in [-0.2, 0) is 0 Å². The summed E-state index contributed by atoms with van der Waals surface area (Å²) in [5, 5.41) is 0. The van der Waals surface area contributed by atoms with E-state index in [1.54, 1.807) is 0 Å². The van der Waals surface area contributed by atoms with E-state index in [0.29, 0.717) is 0 Å². The molecule has 0 aromatic rings. The summed E-state index contributed by atoms with van der Waals surface area (Å²) in [5.41, 5.74) is 0. The molecule has 0 aromatic carbocycles. The maximum absolute atomic E-state index is 2.32. The van der Waals surface area contributed by atoms with E-state index in [1.807, 2.05) is 0 Å². The van der Waals surface area contributed by atoms with E-state index in [9.17, 15) is 0 Å². The maximum atomic E-state index is 2.32. The van der Waals surface area contributed by atoms with Crippen molar-refractivity contribution in [3.05, 3.63) is 60.8 Å². The Morgan fingerprint density at radius 2 is 0.300 bits per heavy atom. The van der Waals surface area contributed by atoms with Gasteiger partial charge in [0.05, 0.1) is 0 Å². The van der Waals surface area contributed by atoms with Crippen molar-refractivity contribution < 1.29 is 0 Å². The van der Waals surface area contributed by atoms with E-state index in [2.05, 4.69) is 60.8 Å². The molecule has 0 N–H and O–H groups in total. The minimum atomic E-state index is 1.22. The van der Waals surface area contributed by atoms with Gasteiger partial charge in [-0.1, -0.05) is 228 Å². The number of hydrogen-bond acceptors (Lipinski definition) is 0. The third kappa shape index (κ3) is 31.2. The largest absolute Gasteiger partial charge is 0.0845 e. The lowest BCUT2D eigenvalue weighted by molar-refractivity contribution is 0.514. The number of rotatable bonds is 0. The van der Waals surface area contributed by atoms with Crippen LogP contribution in [0.25, 0.3) is 0 Å². The van der Waals surface area contributed by atoms with E-state index in [-0.39, 0.29) is 0 Å². The number of allylic oxidation sites excluding steroid dienone is 10. The van der Waals surface area contributed by atoms with Gasteiger partial charge < -0.3 is 0 Å². The summed E-state index contributed by atoms with van der Waals surface area (Å²) in [5.74, 6) is 0. The Hall–Kier alpha value is -1.30. The summed E-state index contributed by atoms with van der Waals surface area (Å²) in [7, 11) is 0. The second-order valence-corrected chi connectivity index (χ2v) is 12.5. The van der Waals surface area contributed by atoms with Crippen LogP contribution >= 0.6 is 0 Å². The molecule has 1 rings (SSSR count). The van der Waals surface area contributed by atoms with Gasteiger partial charge in [0.1, 0.15) is 0 Å². The quantitative estimate of drug-likeness (QED) is 0.281. The maximum Gasteiger partial charge on any atom is -0.0348 e. The molecular formula is C40H70. The summed E-state index contributed by atoms with van der Waals surface area (Å²) >= 11 is 0. The van der Waals surface area contributed by atoms with Crippen molar-refractivity contribution in [1.29, 1.82) is 0 Å². The zero-order valence-electron chi connectivity index (χ0n) is 27.0. The summed E-state index contributed by atoms with van der Waals surface area (Å²) in [4.78, 5) is 0. The van der Waals surface area contributed by atoms with E-state index in [0.717, 1.165) is 0 Å². The molecule has 0 bridgehead atoms. The topological polar surface area (TPSA) is 0 Å². The molecule has 0 heterocycles. The van der Waals surface area contributed by atoms with Crippen LogP contribution < -0.4 is 0 Å². The zero-order valence-corrected chi connectivity index (χ0v) is 27.0. The van der Waals surface area contributed by atoms with Gasteiger partial charge in [-0.15, -0.1) is 0 Å². The molecule has 0 heteroatoms.